The molecule has 2 heterocycles. The highest BCUT2D eigenvalue weighted by Gasteiger charge is 2.36. The zero-order chi connectivity index (χ0) is 14.2. The molecule has 0 saturated carbocycles. The van der Waals surface area contributed by atoms with Gasteiger partial charge in [0.25, 0.3) is 0 Å². The molecule has 0 spiro atoms. The second-order valence-electron chi connectivity index (χ2n) is 5.90. The van der Waals surface area contributed by atoms with Crippen LogP contribution in [0.1, 0.15) is 57.7 Å². The first-order chi connectivity index (χ1) is 8.90. The third-order valence-electron chi connectivity index (χ3n) is 3.39. The molecule has 0 bridgehead atoms. The smallest absolute Gasteiger partial charge is 0.243 e. The first-order valence-electron chi connectivity index (χ1n) is 6.56. The maximum atomic E-state index is 9.32. The molecule has 5 nitrogen and oxygen atoms in total. The van der Waals surface area contributed by atoms with Crippen LogP contribution in [0.2, 0.25) is 0 Å². The van der Waals surface area contributed by atoms with E-state index in [2.05, 4.69) is 44.0 Å². The van der Waals surface area contributed by atoms with E-state index in [0.717, 1.165) is 24.1 Å². The lowest BCUT2D eigenvalue weighted by Crippen LogP contribution is -2.23. The van der Waals surface area contributed by atoms with Gasteiger partial charge in [-0.25, -0.2) is 0 Å². The van der Waals surface area contributed by atoms with Gasteiger partial charge in [0.05, 0.1) is 5.57 Å². The van der Waals surface area contributed by atoms with E-state index in [9.17, 15) is 5.26 Å². The third-order valence-corrected chi connectivity index (χ3v) is 3.39. The minimum atomic E-state index is -0.0808. The van der Waals surface area contributed by atoms with Gasteiger partial charge in [0.2, 0.25) is 11.8 Å². The number of hydrogen-bond acceptors (Lipinski definition) is 4. The van der Waals surface area contributed by atoms with Gasteiger partial charge in [-0.05, 0) is 6.42 Å². The van der Waals surface area contributed by atoms with Crippen LogP contribution in [-0.4, -0.2) is 10.2 Å². The number of aromatic amines is 1. The van der Waals surface area contributed by atoms with Crippen LogP contribution in [0.25, 0.3) is 0 Å². The molecule has 5 heteroatoms. The molecule has 0 radical (unpaired) electrons. The molecular weight excluding hydrogens is 240 g/mol. The van der Waals surface area contributed by atoms with Gasteiger partial charge in [0, 0.05) is 22.6 Å². The summed E-state index contributed by atoms with van der Waals surface area (Å²) in [5.74, 6) is 0.673. The number of hydrogen-bond donors (Lipinski definition) is 2. The monoisotopic (exact) mass is 260 g/mol. The Morgan fingerprint density at radius 1 is 1.47 bits per heavy atom. The quantitative estimate of drug-likeness (QED) is 0.855. The summed E-state index contributed by atoms with van der Waals surface area (Å²) < 4.78 is 5.48. The minimum absolute atomic E-state index is 0.0216. The van der Waals surface area contributed by atoms with Gasteiger partial charge in [-0.15, -0.1) is 5.10 Å². The number of nitrogens with zero attached hydrogens (tertiary/aromatic N) is 2. The van der Waals surface area contributed by atoms with Gasteiger partial charge in [-0.1, -0.05) is 34.1 Å². The van der Waals surface area contributed by atoms with Crippen LogP contribution in [0.4, 0.5) is 0 Å². The Labute approximate surface area is 113 Å². The molecule has 0 unspecified atom stereocenters. The second-order valence-corrected chi connectivity index (χ2v) is 5.90. The van der Waals surface area contributed by atoms with Gasteiger partial charge in [0.1, 0.15) is 6.07 Å². The molecule has 3 N–H and O–H groups in total. The standard InChI is InChI=1S/C14H20N4O/c1-5-6-8-9(7-15)12(16)19-13-10(8)11(17-18-13)14(2,3)4/h8H,5-6,16H2,1-4H3,(H,17,18)/t8-/m0/s1. The van der Waals surface area contributed by atoms with Crippen LogP contribution < -0.4 is 10.5 Å². The topological polar surface area (TPSA) is 87.7 Å². The molecule has 0 fully saturated rings. The number of rotatable bonds is 2. The van der Waals surface area contributed by atoms with Crippen molar-refractivity contribution in [1.29, 1.82) is 5.26 Å². The van der Waals surface area contributed by atoms with E-state index in [4.69, 9.17) is 10.5 Å². The summed E-state index contributed by atoms with van der Waals surface area (Å²) in [7, 11) is 0. The van der Waals surface area contributed by atoms with Crippen molar-refractivity contribution >= 4 is 0 Å². The predicted octanol–water partition coefficient (Wildman–Crippen LogP) is 2.68. The maximum absolute atomic E-state index is 9.32. The number of allylic oxidation sites excluding steroid dienone is 1. The van der Waals surface area contributed by atoms with Gasteiger partial charge in [0.15, 0.2) is 0 Å². The van der Waals surface area contributed by atoms with Gasteiger partial charge in [-0.2, -0.15) is 5.26 Å². The van der Waals surface area contributed by atoms with E-state index in [-0.39, 0.29) is 17.2 Å². The Morgan fingerprint density at radius 3 is 2.68 bits per heavy atom. The fraction of sp³-hybridized carbons (Fsp3) is 0.571. The number of fused-ring (bicyclic) bond motifs is 1. The van der Waals surface area contributed by atoms with E-state index in [0.29, 0.717) is 11.5 Å². The molecule has 102 valence electrons. The lowest BCUT2D eigenvalue weighted by molar-refractivity contribution is 0.370. The van der Waals surface area contributed by atoms with Crippen molar-refractivity contribution in [3.05, 3.63) is 22.7 Å². The molecule has 2 rings (SSSR count). The Balaban J connectivity index is 2.59. The van der Waals surface area contributed by atoms with Crippen LogP contribution in [0.5, 0.6) is 5.88 Å². The van der Waals surface area contributed by atoms with E-state index in [1.165, 1.54) is 0 Å². The van der Waals surface area contributed by atoms with E-state index < -0.39 is 0 Å². The Hall–Kier alpha value is -1.96. The summed E-state index contributed by atoms with van der Waals surface area (Å²) in [5, 5.41) is 16.6. The summed E-state index contributed by atoms with van der Waals surface area (Å²) in [4.78, 5) is 0. The van der Waals surface area contributed by atoms with Gasteiger partial charge >= 0.3 is 0 Å². The largest absolute Gasteiger partial charge is 0.420 e. The molecule has 1 aliphatic rings. The molecule has 0 aromatic carbocycles. The summed E-state index contributed by atoms with van der Waals surface area (Å²) in [6.45, 7) is 8.42. The van der Waals surface area contributed by atoms with Crippen molar-refractivity contribution in [3.8, 4) is 11.9 Å². The van der Waals surface area contributed by atoms with Crippen molar-refractivity contribution < 1.29 is 4.74 Å². The van der Waals surface area contributed by atoms with Crippen LogP contribution in [0.3, 0.4) is 0 Å². The number of aromatic nitrogens is 2. The molecular formula is C14H20N4O. The molecule has 19 heavy (non-hydrogen) atoms. The van der Waals surface area contributed by atoms with E-state index >= 15 is 0 Å². The van der Waals surface area contributed by atoms with Crippen molar-refractivity contribution in [3.63, 3.8) is 0 Å². The zero-order valence-electron chi connectivity index (χ0n) is 11.9. The number of nitrogens with one attached hydrogen (secondary N) is 1. The Kier molecular flexibility index (Phi) is 3.27. The van der Waals surface area contributed by atoms with E-state index in [1.807, 2.05) is 0 Å². The molecule has 1 aromatic rings. The fourth-order valence-electron chi connectivity index (χ4n) is 2.49. The lowest BCUT2D eigenvalue weighted by Gasteiger charge is -2.26. The van der Waals surface area contributed by atoms with Crippen LogP contribution >= 0.6 is 0 Å². The maximum Gasteiger partial charge on any atom is 0.243 e. The minimum Gasteiger partial charge on any atom is -0.420 e. The van der Waals surface area contributed by atoms with Crippen LogP contribution in [0.15, 0.2) is 11.5 Å². The second kappa shape index (κ2) is 4.61. The molecule has 1 aromatic heterocycles. The summed E-state index contributed by atoms with van der Waals surface area (Å²) in [6, 6.07) is 2.19. The molecule has 1 atom stereocenters. The van der Waals surface area contributed by atoms with Crippen molar-refractivity contribution in [2.24, 2.45) is 5.73 Å². The molecule has 0 amide bonds. The Bertz CT molecular complexity index is 557. The average molecular weight is 260 g/mol. The number of nitriles is 1. The molecule has 1 aliphatic heterocycles. The zero-order valence-corrected chi connectivity index (χ0v) is 11.9. The predicted molar refractivity (Wildman–Crippen MR) is 72.4 cm³/mol. The molecule has 0 aliphatic carbocycles. The van der Waals surface area contributed by atoms with Gasteiger partial charge in [-0.3, -0.25) is 5.10 Å². The summed E-state index contributed by atoms with van der Waals surface area (Å²) in [5.41, 5.74) is 8.26. The summed E-state index contributed by atoms with van der Waals surface area (Å²) >= 11 is 0. The SMILES string of the molecule is CCC[C@H]1C(C#N)=C(N)Oc2n[nH]c(C(C)(C)C)c21. The first kappa shape index (κ1) is 13.5. The van der Waals surface area contributed by atoms with E-state index in [1.54, 1.807) is 0 Å². The van der Waals surface area contributed by atoms with Crippen LogP contribution in [0, 0.1) is 11.3 Å². The third kappa shape index (κ3) is 2.19. The Morgan fingerprint density at radius 2 is 2.16 bits per heavy atom. The number of nitrogens with two attached hydrogens (primary N) is 1. The van der Waals surface area contributed by atoms with Crippen molar-refractivity contribution in [2.75, 3.05) is 0 Å². The highest BCUT2D eigenvalue weighted by Crippen LogP contribution is 2.44. The fourth-order valence-corrected chi connectivity index (χ4v) is 2.49. The summed E-state index contributed by atoms with van der Waals surface area (Å²) in [6.07, 6.45) is 1.83. The molecule has 0 saturated heterocycles. The number of ether oxygens (including phenoxy) is 1. The number of H-pyrrole nitrogens is 1. The normalized spacial score (nSPS) is 18.8. The highest BCUT2D eigenvalue weighted by atomic mass is 16.5. The van der Waals surface area contributed by atoms with Crippen molar-refractivity contribution in [1.82, 2.24) is 10.2 Å². The van der Waals surface area contributed by atoms with Gasteiger partial charge < -0.3 is 10.5 Å². The lowest BCUT2D eigenvalue weighted by atomic mass is 9.80. The van der Waals surface area contributed by atoms with Crippen molar-refractivity contribution in [2.45, 2.75) is 51.9 Å². The first-order valence-corrected chi connectivity index (χ1v) is 6.56. The van der Waals surface area contributed by atoms with Crippen LogP contribution in [-0.2, 0) is 5.41 Å². The highest BCUT2D eigenvalue weighted by molar-refractivity contribution is 5.50. The average Bonchev–Trinajstić information content (AvgIpc) is 2.72.